The minimum atomic E-state index is -0.336. The number of hydrogen-bond donors (Lipinski definition) is 2. The summed E-state index contributed by atoms with van der Waals surface area (Å²) >= 11 is 1.45. The van der Waals surface area contributed by atoms with Gasteiger partial charge in [0.15, 0.2) is 5.13 Å². The second-order valence-electron chi connectivity index (χ2n) is 3.45. The van der Waals surface area contributed by atoms with Gasteiger partial charge in [-0.2, -0.15) is 0 Å². The van der Waals surface area contributed by atoms with Gasteiger partial charge in [-0.1, -0.05) is 6.07 Å². The number of carbonyl (C=O) groups excluding carboxylic acids is 1. The molecule has 0 aliphatic rings. The van der Waals surface area contributed by atoms with E-state index in [1.807, 2.05) is 13.8 Å². The average molecular weight is 248 g/mol. The number of thiazole rings is 1. The lowest BCUT2D eigenvalue weighted by Gasteiger charge is -2.03. The molecule has 6 heteroatoms. The van der Waals surface area contributed by atoms with E-state index in [0.717, 1.165) is 10.6 Å². The average Bonchev–Trinajstić information content (AvgIpc) is 2.59. The van der Waals surface area contributed by atoms with Crippen LogP contribution in [0, 0.1) is 13.8 Å². The van der Waals surface area contributed by atoms with Gasteiger partial charge in [-0.05, 0) is 26.0 Å². The number of pyridine rings is 1. The predicted molar refractivity (Wildman–Crippen MR) is 68.5 cm³/mol. The van der Waals surface area contributed by atoms with Gasteiger partial charge in [0.1, 0.15) is 5.82 Å². The first-order valence-corrected chi connectivity index (χ1v) is 5.90. The smallest absolute Gasteiger partial charge is 0.292 e. The number of urea groups is 1. The summed E-state index contributed by atoms with van der Waals surface area (Å²) < 4.78 is 0. The number of anilines is 2. The van der Waals surface area contributed by atoms with Crippen LogP contribution < -0.4 is 10.6 Å². The van der Waals surface area contributed by atoms with Crippen LogP contribution in [0.2, 0.25) is 0 Å². The zero-order chi connectivity index (χ0) is 12.3. The van der Waals surface area contributed by atoms with Crippen LogP contribution in [0.3, 0.4) is 0 Å². The molecule has 0 unspecified atom stereocenters. The molecular formula is C11H12N4OS. The molecule has 0 saturated carbocycles. The van der Waals surface area contributed by atoms with Crippen molar-refractivity contribution in [2.24, 2.45) is 0 Å². The number of amides is 2. The maximum absolute atomic E-state index is 11.6. The minimum absolute atomic E-state index is 0.336. The van der Waals surface area contributed by atoms with Crippen molar-refractivity contribution >= 4 is 28.3 Å². The van der Waals surface area contributed by atoms with Crippen LogP contribution in [0.5, 0.6) is 0 Å². The van der Waals surface area contributed by atoms with E-state index in [2.05, 4.69) is 20.6 Å². The van der Waals surface area contributed by atoms with Crippen molar-refractivity contribution in [3.05, 3.63) is 35.0 Å². The molecule has 2 aromatic heterocycles. The third-order valence-corrected chi connectivity index (χ3v) is 3.14. The lowest BCUT2D eigenvalue weighted by atomic mass is 10.4. The van der Waals surface area contributed by atoms with Gasteiger partial charge in [-0.15, -0.1) is 11.3 Å². The molecule has 0 fully saturated rings. The molecule has 0 aromatic carbocycles. The molecule has 2 rings (SSSR count). The van der Waals surface area contributed by atoms with Gasteiger partial charge in [0, 0.05) is 11.1 Å². The number of aryl methyl sites for hydroxylation is 2. The maximum atomic E-state index is 11.6. The number of nitrogens with one attached hydrogen (secondary N) is 2. The molecule has 0 bridgehead atoms. The maximum Gasteiger partial charge on any atom is 0.326 e. The zero-order valence-corrected chi connectivity index (χ0v) is 10.3. The van der Waals surface area contributed by atoms with Gasteiger partial charge in [0.25, 0.3) is 0 Å². The number of nitrogens with zero attached hydrogens (tertiary/aromatic N) is 2. The van der Waals surface area contributed by atoms with E-state index in [4.69, 9.17) is 0 Å². The van der Waals surface area contributed by atoms with E-state index in [1.54, 1.807) is 24.4 Å². The summed E-state index contributed by atoms with van der Waals surface area (Å²) in [5.41, 5.74) is 0.933. The van der Waals surface area contributed by atoms with Crippen molar-refractivity contribution in [2.75, 3.05) is 10.6 Å². The Hall–Kier alpha value is -1.95. The Morgan fingerprint density at radius 2 is 2.12 bits per heavy atom. The molecule has 88 valence electrons. The number of hydrogen-bond acceptors (Lipinski definition) is 4. The van der Waals surface area contributed by atoms with Crippen molar-refractivity contribution in [3.63, 3.8) is 0 Å². The van der Waals surface area contributed by atoms with E-state index in [9.17, 15) is 4.79 Å². The van der Waals surface area contributed by atoms with Crippen LogP contribution in [-0.2, 0) is 0 Å². The highest BCUT2D eigenvalue weighted by molar-refractivity contribution is 7.15. The fraction of sp³-hybridized carbons (Fsp3) is 0.182. The van der Waals surface area contributed by atoms with Gasteiger partial charge in [0.05, 0.1) is 5.69 Å². The van der Waals surface area contributed by atoms with Gasteiger partial charge < -0.3 is 0 Å². The van der Waals surface area contributed by atoms with Crippen LogP contribution in [0.25, 0.3) is 0 Å². The molecule has 2 aromatic rings. The topological polar surface area (TPSA) is 66.9 Å². The quantitative estimate of drug-likeness (QED) is 0.858. The first kappa shape index (κ1) is 11.5. The Kier molecular flexibility index (Phi) is 3.34. The first-order valence-electron chi connectivity index (χ1n) is 5.08. The van der Waals surface area contributed by atoms with Gasteiger partial charge in [-0.25, -0.2) is 14.8 Å². The van der Waals surface area contributed by atoms with Gasteiger partial charge in [0.2, 0.25) is 0 Å². The van der Waals surface area contributed by atoms with Crippen molar-refractivity contribution < 1.29 is 4.79 Å². The molecule has 0 spiro atoms. The normalized spacial score (nSPS) is 10.0. The molecule has 0 atom stereocenters. The summed E-state index contributed by atoms with van der Waals surface area (Å²) in [5.74, 6) is 0.509. The SMILES string of the molecule is Cc1nc(NC(=O)Nc2ccccn2)sc1C. The van der Waals surface area contributed by atoms with Crippen molar-refractivity contribution in [1.29, 1.82) is 0 Å². The first-order chi connectivity index (χ1) is 8.15. The Morgan fingerprint density at radius 3 is 2.71 bits per heavy atom. The third kappa shape index (κ3) is 3.01. The molecule has 0 aliphatic carbocycles. The van der Waals surface area contributed by atoms with Gasteiger partial charge >= 0.3 is 6.03 Å². The Morgan fingerprint density at radius 1 is 1.29 bits per heavy atom. The van der Waals surface area contributed by atoms with Crippen LogP contribution >= 0.6 is 11.3 Å². The second-order valence-corrected chi connectivity index (χ2v) is 4.66. The van der Waals surface area contributed by atoms with E-state index in [-0.39, 0.29) is 6.03 Å². The Balaban J connectivity index is 1.98. The predicted octanol–water partition coefficient (Wildman–Crippen LogP) is 2.80. The lowest BCUT2D eigenvalue weighted by molar-refractivity contribution is 0.262. The second kappa shape index (κ2) is 4.92. The molecule has 17 heavy (non-hydrogen) atoms. The number of aromatic nitrogens is 2. The zero-order valence-electron chi connectivity index (χ0n) is 9.52. The third-order valence-electron chi connectivity index (χ3n) is 2.16. The fourth-order valence-corrected chi connectivity index (χ4v) is 2.02. The molecular weight excluding hydrogens is 236 g/mol. The molecule has 5 nitrogen and oxygen atoms in total. The highest BCUT2D eigenvalue weighted by atomic mass is 32.1. The summed E-state index contributed by atoms with van der Waals surface area (Å²) in [7, 11) is 0. The van der Waals surface area contributed by atoms with E-state index in [0.29, 0.717) is 10.9 Å². The molecule has 2 heterocycles. The van der Waals surface area contributed by atoms with Crippen molar-refractivity contribution in [3.8, 4) is 0 Å². The summed E-state index contributed by atoms with van der Waals surface area (Å²) in [6, 6.07) is 4.98. The largest absolute Gasteiger partial charge is 0.326 e. The van der Waals surface area contributed by atoms with Crippen LogP contribution in [0.1, 0.15) is 10.6 Å². The Bertz CT molecular complexity index is 504. The van der Waals surface area contributed by atoms with Crippen molar-refractivity contribution in [1.82, 2.24) is 9.97 Å². The summed E-state index contributed by atoms with van der Waals surface area (Å²) in [4.78, 5) is 20.9. The van der Waals surface area contributed by atoms with E-state index >= 15 is 0 Å². The standard InChI is InChI=1S/C11H12N4OS/c1-7-8(2)17-11(13-7)15-10(16)14-9-5-3-4-6-12-9/h3-6H,1-2H3,(H2,12,13,14,15,16). The molecule has 0 saturated heterocycles. The monoisotopic (exact) mass is 248 g/mol. The summed E-state index contributed by atoms with van der Waals surface area (Å²) in [6.45, 7) is 3.88. The number of rotatable bonds is 2. The highest BCUT2D eigenvalue weighted by Crippen LogP contribution is 2.21. The van der Waals surface area contributed by atoms with Crippen LogP contribution in [0.15, 0.2) is 24.4 Å². The van der Waals surface area contributed by atoms with Gasteiger partial charge in [-0.3, -0.25) is 10.6 Å². The fourth-order valence-electron chi connectivity index (χ4n) is 1.21. The van der Waals surface area contributed by atoms with Crippen LogP contribution in [-0.4, -0.2) is 16.0 Å². The van der Waals surface area contributed by atoms with E-state index in [1.165, 1.54) is 11.3 Å². The van der Waals surface area contributed by atoms with E-state index < -0.39 is 0 Å². The molecule has 0 radical (unpaired) electrons. The van der Waals surface area contributed by atoms with Crippen LogP contribution in [0.4, 0.5) is 15.7 Å². The molecule has 2 amide bonds. The minimum Gasteiger partial charge on any atom is -0.292 e. The molecule has 0 aliphatic heterocycles. The lowest BCUT2D eigenvalue weighted by Crippen LogP contribution is -2.19. The Labute approximate surface area is 103 Å². The number of carbonyl (C=O) groups is 1. The molecule has 2 N–H and O–H groups in total. The summed E-state index contributed by atoms with van der Waals surface area (Å²) in [6.07, 6.45) is 1.62. The summed E-state index contributed by atoms with van der Waals surface area (Å²) in [5, 5.41) is 5.89. The highest BCUT2D eigenvalue weighted by Gasteiger charge is 2.07. The van der Waals surface area contributed by atoms with Crippen molar-refractivity contribution in [2.45, 2.75) is 13.8 Å².